The lowest BCUT2D eigenvalue weighted by Crippen LogP contribution is -2.67. The Bertz CT molecular complexity index is 422. The first-order chi connectivity index (χ1) is 10.2. The Hall–Kier alpha value is -0.530. The van der Waals surface area contributed by atoms with Gasteiger partial charge in [0.15, 0.2) is 0 Å². The van der Waals surface area contributed by atoms with E-state index in [4.69, 9.17) is 4.74 Å². The SMILES string of the molecule is COC(=O)C1(O)C[C@H](O)[C@@H](NC(C)=O)[C@H]([C@H](O)[C@H](O)CI)O1. The van der Waals surface area contributed by atoms with Crippen LogP contribution in [0, 0.1) is 0 Å². The number of amides is 1. The predicted octanol–water partition coefficient (Wildman–Crippen LogP) is -2.34. The van der Waals surface area contributed by atoms with E-state index < -0.39 is 54.5 Å². The number of rotatable bonds is 5. The summed E-state index contributed by atoms with van der Waals surface area (Å²) in [4.78, 5) is 22.9. The third-order valence-electron chi connectivity index (χ3n) is 3.35. The van der Waals surface area contributed by atoms with Crippen molar-refractivity contribution in [3.05, 3.63) is 0 Å². The van der Waals surface area contributed by atoms with Crippen LogP contribution in [0.15, 0.2) is 0 Å². The highest BCUT2D eigenvalue weighted by Gasteiger charge is 2.54. The minimum Gasteiger partial charge on any atom is -0.465 e. The molecule has 1 amide bonds. The molecular formula is C12H20INO8. The van der Waals surface area contributed by atoms with Gasteiger partial charge in [0.2, 0.25) is 5.91 Å². The van der Waals surface area contributed by atoms with Crippen LogP contribution >= 0.6 is 22.6 Å². The van der Waals surface area contributed by atoms with E-state index in [1.807, 2.05) is 22.6 Å². The Morgan fingerprint density at radius 2 is 2.09 bits per heavy atom. The molecule has 0 aromatic carbocycles. The van der Waals surface area contributed by atoms with Crippen LogP contribution in [0.1, 0.15) is 13.3 Å². The topological polar surface area (TPSA) is 146 Å². The monoisotopic (exact) mass is 433 g/mol. The van der Waals surface area contributed by atoms with E-state index in [1.165, 1.54) is 6.92 Å². The van der Waals surface area contributed by atoms with E-state index in [0.717, 1.165) is 7.11 Å². The number of alkyl halides is 1. The molecule has 0 radical (unpaired) electrons. The van der Waals surface area contributed by atoms with Gasteiger partial charge in [-0.2, -0.15) is 0 Å². The standard InChI is InChI=1S/C12H20INO8/c1-5(15)14-8-6(16)3-12(20,11(19)21-2)22-10(8)9(18)7(17)4-13/h6-10,16-18,20H,3-4H2,1-2H3,(H,14,15)/t6-,7+,8+,9+,10+,12?/m0/s1. The van der Waals surface area contributed by atoms with Gasteiger partial charge in [-0.15, -0.1) is 0 Å². The van der Waals surface area contributed by atoms with Crippen molar-refractivity contribution in [1.29, 1.82) is 0 Å². The van der Waals surface area contributed by atoms with E-state index in [0.29, 0.717) is 0 Å². The van der Waals surface area contributed by atoms with Crippen molar-refractivity contribution in [2.45, 2.75) is 49.6 Å². The van der Waals surface area contributed by atoms with Gasteiger partial charge in [-0.3, -0.25) is 4.79 Å². The Kier molecular flexibility index (Phi) is 6.95. The second-order valence-corrected chi connectivity index (χ2v) is 5.95. The molecule has 6 atom stereocenters. The van der Waals surface area contributed by atoms with Gasteiger partial charge in [-0.05, 0) is 0 Å². The van der Waals surface area contributed by atoms with Crippen LogP contribution < -0.4 is 5.32 Å². The molecule has 1 rings (SSSR count). The summed E-state index contributed by atoms with van der Waals surface area (Å²) in [6.45, 7) is 1.20. The Balaban J connectivity index is 3.09. The first-order valence-corrected chi connectivity index (χ1v) is 8.04. The van der Waals surface area contributed by atoms with Gasteiger partial charge in [0, 0.05) is 17.8 Å². The zero-order chi connectivity index (χ0) is 17.1. The fraction of sp³-hybridized carbons (Fsp3) is 0.833. The number of halogens is 1. The van der Waals surface area contributed by atoms with E-state index in [2.05, 4.69) is 10.1 Å². The minimum absolute atomic E-state index is 0.137. The van der Waals surface area contributed by atoms with Crippen LogP contribution in [0.25, 0.3) is 0 Å². The summed E-state index contributed by atoms with van der Waals surface area (Å²) in [5.41, 5.74) is 0. The molecule has 1 aliphatic heterocycles. The Labute approximate surface area is 140 Å². The van der Waals surface area contributed by atoms with Crippen LogP contribution in [0.2, 0.25) is 0 Å². The fourth-order valence-corrected chi connectivity index (χ4v) is 2.79. The summed E-state index contributed by atoms with van der Waals surface area (Å²) in [6.07, 6.45) is -6.12. The molecule has 0 bridgehead atoms. The maximum Gasteiger partial charge on any atom is 0.366 e. The molecular weight excluding hydrogens is 413 g/mol. The number of aliphatic hydroxyl groups excluding tert-OH is 3. The van der Waals surface area contributed by atoms with Crippen molar-refractivity contribution in [2.24, 2.45) is 0 Å². The summed E-state index contributed by atoms with van der Waals surface area (Å²) in [5.74, 6) is -4.12. The van der Waals surface area contributed by atoms with Gasteiger partial charge in [0.25, 0.3) is 5.79 Å². The van der Waals surface area contributed by atoms with Crippen LogP contribution in [-0.4, -0.2) is 80.1 Å². The Morgan fingerprint density at radius 3 is 2.55 bits per heavy atom. The van der Waals surface area contributed by atoms with Gasteiger partial charge in [0.05, 0.1) is 25.4 Å². The largest absolute Gasteiger partial charge is 0.465 e. The normalized spacial score (nSPS) is 34.6. The summed E-state index contributed by atoms with van der Waals surface area (Å²) in [6, 6.07) is -1.10. The highest BCUT2D eigenvalue weighted by molar-refractivity contribution is 14.1. The van der Waals surface area contributed by atoms with Crippen LogP contribution in [0.4, 0.5) is 0 Å². The third kappa shape index (κ3) is 4.26. The number of hydrogen-bond acceptors (Lipinski definition) is 8. The summed E-state index contributed by atoms with van der Waals surface area (Å²) in [5, 5.41) is 42.5. The maximum absolute atomic E-state index is 11.6. The third-order valence-corrected chi connectivity index (χ3v) is 4.25. The highest BCUT2D eigenvalue weighted by atomic mass is 127. The lowest BCUT2D eigenvalue weighted by Gasteiger charge is -2.45. The molecule has 0 aliphatic carbocycles. The number of ether oxygens (including phenoxy) is 2. The number of esters is 1. The lowest BCUT2D eigenvalue weighted by atomic mass is 9.89. The summed E-state index contributed by atoms with van der Waals surface area (Å²) < 4.78 is 9.74. The zero-order valence-corrected chi connectivity index (χ0v) is 14.3. The van der Waals surface area contributed by atoms with E-state index in [9.17, 15) is 30.0 Å². The molecule has 1 saturated heterocycles. The molecule has 1 unspecified atom stereocenters. The van der Waals surface area contributed by atoms with Gasteiger partial charge in [-0.25, -0.2) is 4.79 Å². The van der Waals surface area contributed by atoms with Gasteiger partial charge < -0.3 is 35.2 Å². The second-order valence-electron chi connectivity index (χ2n) is 5.07. The average Bonchev–Trinajstić information content (AvgIpc) is 2.46. The average molecular weight is 433 g/mol. The van der Waals surface area contributed by atoms with E-state index in [-0.39, 0.29) is 4.43 Å². The van der Waals surface area contributed by atoms with Gasteiger partial charge >= 0.3 is 5.97 Å². The molecule has 9 nitrogen and oxygen atoms in total. The molecule has 1 fully saturated rings. The smallest absolute Gasteiger partial charge is 0.366 e. The van der Waals surface area contributed by atoms with Crippen LogP contribution in [0.5, 0.6) is 0 Å². The first-order valence-electron chi connectivity index (χ1n) is 6.52. The second kappa shape index (κ2) is 7.84. The molecule has 0 aromatic heterocycles. The van der Waals surface area contributed by atoms with Crippen molar-refractivity contribution in [3.8, 4) is 0 Å². The molecule has 0 saturated carbocycles. The summed E-state index contributed by atoms with van der Waals surface area (Å²) >= 11 is 1.82. The molecule has 1 heterocycles. The minimum atomic E-state index is -2.47. The van der Waals surface area contributed by atoms with Gasteiger partial charge in [0.1, 0.15) is 12.2 Å². The van der Waals surface area contributed by atoms with E-state index >= 15 is 0 Å². The first kappa shape index (κ1) is 19.5. The highest BCUT2D eigenvalue weighted by Crippen LogP contribution is 2.31. The molecule has 5 N–H and O–H groups in total. The fourth-order valence-electron chi connectivity index (χ4n) is 2.27. The molecule has 0 aromatic rings. The van der Waals surface area contributed by atoms with Crippen LogP contribution in [-0.2, 0) is 19.1 Å². The van der Waals surface area contributed by atoms with Crippen molar-refractivity contribution < 1.29 is 39.5 Å². The molecule has 10 heteroatoms. The predicted molar refractivity (Wildman–Crippen MR) is 81.0 cm³/mol. The van der Waals surface area contributed by atoms with Gasteiger partial charge in [-0.1, -0.05) is 22.6 Å². The number of hydrogen-bond donors (Lipinski definition) is 5. The number of carbonyl (C=O) groups excluding carboxylic acids is 2. The van der Waals surface area contributed by atoms with Crippen molar-refractivity contribution in [2.75, 3.05) is 11.5 Å². The van der Waals surface area contributed by atoms with Crippen molar-refractivity contribution in [1.82, 2.24) is 5.32 Å². The number of aliphatic hydroxyl groups is 4. The number of carbonyl (C=O) groups is 2. The zero-order valence-electron chi connectivity index (χ0n) is 12.1. The van der Waals surface area contributed by atoms with Crippen LogP contribution in [0.3, 0.4) is 0 Å². The quantitative estimate of drug-likeness (QED) is 0.184. The molecule has 22 heavy (non-hydrogen) atoms. The number of nitrogens with one attached hydrogen (secondary N) is 1. The molecule has 0 spiro atoms. The molecule has 1 aliphatic rings. The maximum atomic E-state index is 11.6. The number of methoxy groups -OCH3 is 1. The summed E-state index contributed by atoms with van der Waals surface area (Å²) in [7, 11) is 1.03. The van der Waals surface area contributed by atoms with Crippen molar-refractivity contribution in [3.63, 3.8) is 0 Å². The van der Waals surface area contributed by atoms with Crippen molar-refractivity contribution >= 4 is 34.5 Å². The lowest BCUT2D eigenvalue weighted by molar-refractivity contribution is -0.294. The Morgan fingerprint density at radius 1 is 1.50 bits per heavy atom. The molecule has 128 valence electrons. The van der Waals surface area contributed by atoms with E-state index in [1.54, 1.807) is 0 Å².